The summed E-state index contributed by atoms with van der Waals surface area (Å²) in [6.07, 6.45) is -0.0350. The molecule has 2 N–H and O–H groups in total. The molecule has 2 aromatic rings. The Labute approximate surface area is 164 Å². The molecule has 6 heteroatoms. The Kier molecular flexibility index (Phi) is 4.73. The smallest absolute Gasteiger partial charge is 0.253 e. The Morgan fingerprint density at radius 2 is 1.89 bits per heavy atom. The minimum atomic E-state index is -1.77. The molecule has 150 valence electrons. The fraction of sp³-hybridized carbons (Fsp3) is 0.455. The van der Waals surface area contributed by atoms with Gasteiger partial charge in [0.2, 0.25) is 0 Å². The molecule has 4 atom stereocenters. The van der Waals surface area contributed by atoms with Crippen LogP contribution < -0.4 is 14.2 Å². The third-order valence-electron chi connectivity index (χ3n) is 5.79. The lowest BCUT2D eigenvalue weighted by Crippen LogP contribution is -2.56. The zero-order valence-electron chi connectivity index (χ0n) is 16.3. The zero-order valence-corrected chi connectivity index (χ0v) is 16.3. The Balaban J connectivity index is 1.93. The highest BCUT2D eigenvalue weighted by molar-refractivity contribution is 5.60. The van der Waals surface area contributed by atoms with Crippen LogP contribution in [0, 0.1) is 0 Å². The molecule has 2 aromatic carbocycles. The van der Waals surface area contributed by atoms with Crippen LogP contribution in [0.25, 0.3) is 0 Å². The Morgan fingerprint density at radius 1 is 1.14 bits per heavy atom. The second-order valence-corrected chi connectivity index (χ2v) is 7.30. The van der Waals surface area contributed by atoms with Crippen LogP contribution in [0.1, 0.15) is 36.8 Å². The van der Waals surface area contributed by atoms with E-state index in [1.165, 1.54) is 7.11 Å². The average molecular weight is 386 g/mol. The highest BCUT2D eigenvalue weighted by Gasteiger charge is 2.74. The molecule has 6 nitrogen and oxygen atoms in total. The van der Waals surface area contributed by atoms with Crippen molar-refractivity contribution in [2.45, 2.75) is 43.2 Å². The first-order valence-corrected chi connectivity index (χ1v) is 9.56. The molecule has 1 heterocycles. The highest BCUT2D eigenvalue weighted by Crippen LogP contribution is 2.64. The van der Waals surface area contributed by atoms with Gasteiger partial charge in [0.1, 0.15) is 17.2 Å². The first kappa shape index (κ1) is 19.1. The van der Waals surface area contributed by atoms with Crippen LogP contribution in [0.5, 0.6) is 17.2 Å². The van der Waals surface area contributed by atoms with Gasteiger partial charge >= 0.3 is 0 Å². The molecule has 1 saturated carbocycles. The second-order valence-electron chi connectivity index (χ2n) is 7.30. The molecular formula is C22H26O6. The fourth-order valence-corrected chi connectivity index (χ4v) is 4.54. The van der Waals surface area contributed by atoms with E-state index in [9.17, 15) is 10.2 Å². The summed E-state index contributed by atoms with van der Waals surface area (Å²) in [6, 6.07) is 13.1. The molecule has 0 bridgehead atoms. The maximum absolute atomic E-state index is 11.9. The van der Waals surface area contributed by atoms with E-state index < -0.39 is 17.5 Å². The van der Waals surface area contributed by atoms with E-state index in [4.69, 9.17) is 18.9 Å². The number of aliphatic hydroxyl groups is 2. The lowest BCUT2D eigenvalue weighted by Gasteiger charge is -2.39. The molecule has 0 amide bonds. The van der Waals surface area contributed by atoms with Gasteiger partial charge < -0.3 is 29.2 Å². The summed E-state index contributed by atoms with van der Waals surface area (Å²) in [5, 5.41) is 23.0. The minimum Gasteiger partial charge on any atom is -0.496 e. The van der Waals surface area contributed by atoms with Crippen LogP contribution in [-0.2, 0) is 10.3 Å². The molecule has 0 aromatic heterocycles. The number of benzene rings is 2. The number of hydrogen-bond acceptors (Lipinski definition) is 6. The number of aliphatic hydroxyl groups excluding tert-OH is 1. The molecule has 4 rings (SSSR count). The summed E-state index contributed by atoms with van der Waals surface area (Å²) in [6.45, 7) is 2.37. The number of rotatable bonds is 6. The van der Waals surface area contributed by atoms with Crippen LogP contribution in [0.2, 0.25) is 0 Å². The largest absolute Gasteiger partial charge is 0.496 e. The summed E-state index contributed by atoms with van der Waals surface area (Å²) in [4.78, 5) is 0. The zero-order chi connectivity index (χ0) is 19.9. The topological polar surface area (TPSA) is 77.4 Å². The molecule has 0 spiro atoms. The number of methoxy groups -OCH3 is 2. The molecule has 1 fully saturated rings. The van der Waals surface area contributed by atoms with Crippen molar-refractivity contribution in [3.8, 4) is 17.2 Å². The summed E-state index contributed by atoms with van der Waals surface area (Å²) in [5.41, 5.74) is -0.430. The summed E-state index contributed by atoms with van der Waals surface area (Å²) >= 11 is 0. The lowest BCUT2D eigenvalue weighted by atomic mass is 9.83. The Morgan fingerprint density at radius 3 is 2.54 bits per heavy atom. The van der Waals surface area contributed by atoms with Crippen molar-refractivity contribution in [3.63, 3.8) is 0 Å². The van der Waals surface area contributed by atoms with Crippen LogP contribution in [0.3, 0.4) is 0 Å². The van der Waals surface area contributed by atoms with E-state index in [-0.39, 0.29) is 5.92 Å². The SMILES string of the molecule is CCCO[C@@]12Oc3cc(OC)cc(OC)c3[C@]1(O)[C@@H](O)C[C@H]2c1ccccc1. The Hall–Kier alpha value is -2.28. The fourth-order valence-electron chi connectivity index (χ4n) is 4.54. The number of ether oxygens (including phenoxy) is 4. The summed E-state index contributed by atoms with van der Waals surface area (Å²) < 4.78 is 23.5. The monoisotopic (exact) mass is 386 g/mol. The second kappa shape index (κ2) is 6.95. The standard InChI is InChI=1S/C22H26O6/c1-4-10-27-22-16(14-8-6-5-7-9-14)13-19(23)21(22,24)20-17(26-3)11-15(25-2)12-18(20)28-22/h5-9,11-12,16,19,23-24H,4,10,13H2,1-3H3/t16-,19-,21+,22-/m0/s1. The van der Waals surface area contributed by atoms with Gasteiger partial charge in [-0.3, -0.25) is 0 Å². The van der Waals surface area contributed by atoms with Crippen molar-refractivity contribution in [2.75, 3.05) is 20.8 Å². The van der Waals surface area contributed by atoms with Gasteiger partial charge in [-0.25, -0.2) is 0 Å². The van der Waals surface area contributed by atoms with Gasteiger partial charge in [0, 0.05) is 12.1 Å². The van der Waals surface area contributed by atoms with Gasteiger partial charge in [0.25, 0.3) is 5.79 Å². The van der Waals surface area contributed by atoms with Crippen LogP contribution >= 0.6 is 0 Å². The number of fused-ring (bicyclic) bond motifs is 3. The normalized spacial score (nSPS) is 30.5. The van der Waals surface area contributed by atoms with Crippen molar-refractivity contribution >= 4 is 0 Å². The third kappa shape index (κ3) is 2.45. The third-order valence-corrected chi connectivity index (χ3v) is 5.79. The first-order chi connectivity index (χ1) is 13.5. The molecular weight excluding hydrogens is 360 g/mol. The molecule has 0 saturated heterocycles. The van der Waals surface area contributed by atoms with Gasteiger partial charge in [0.15, 0.2) is 5.60 Å². The molecule has 2 aliphatic rings. The van der Waals surface area contributed by atoms with Crippen LogP contribution in [0.15, 0.2) is 42.5 Å². The minimum absolute atomic E-state index is 0.304. The van der Waals surface area contributed by atoms with E-state index in [1.807, 2.05) is 37.3 Å². The van der Waals surface area contributed by atoms with E-state index in [2.05, 4.69) is 0 Å². The van der Waals surface area contributed by atoms with E-state index in [0.717, 1.165) is 12.0 Å². The van der Waals surface area contributed by atoms with Crippen molar-refractivity contribution in [1.29, 1.82) is 0 Å². The van der Waals surface area contributed by atoms with Crippen LogP contribution in [-0.4, -0.2) is 42.9 Å². The average Bonchev–Trinajstić information content (AvgIpc) is 3.11. The van der Waals surface area contributed by atoms with Gasteiger partial charge in [-0.05, 0) is 18.4 Å². The molecule has 28 heavy (non-hydrogen) atoms. The maximum atomic E-state index is 11.9. The van der Waals surface area contributed by atoms with Crippen molar-refractivity contribution in [3.05, 3.63) is 53.6 Å². The maximum Gasteiger partial charge on any atom is 0.253 e. The van der Waals surface area contributed by atoms with Crippen molar-refractivity contribution in [2.24, 2.45) is 0 Å². The van der Waals surface area contributed by atoms with Gasteiger partial charge in [-0.2, -0.15) is 0 Å². The summed E-state index contributed by atoms with van der Waals surface area (Å²) in [7, 11) is 3.07. The molecule has 1 aliphatic carbocycles. The van der Waals surface area contributed by atoms with Gasteiger partial charge in [-0.15, -0.1) is 0 Å². The van der Waals surface area contributed by atoms with Crippen LogP contribution in [0.4, 0.5) is 0 Å². The van der Waals surface area contributed by atoms with Crippen molar-refractivity contribution in [1.82, 2.24) is 0 Å². The Bertz CT molecular complexity index is 854. The highest BCUT2D eigenvalue weighted by atomic mass is 16.7. The predicted octanol–water partition coefficient (Wildman–Crippen LogP) is 2.96. The molecule has 1 aliphatic heterocycles. The van der Waals surface area contributed by atoms with Crippen molar-refractivity contribution < 1.29 is 29.2 Å². The van der Waals surface area contributed by atoms with E-state index in [1.54, 1.807) is 19.2 Å². The van der Waals surface area contributed by atoms with E-state index >= 15 is 0 Å². The van der Waals surface area contributed by atoms with Gasteiger partial charge in [0.05, 0.1) is 38.4 Å². The van der Waals surface area contributed by atoms with Gasteiger partial charge in [-0.1, -0.05) is 37.3 Å². The molecule has 0 radical (unpaired) electrons. The number of hydrogen-bond donors (Lipinski definition) is 2. The van der Waals surface area contributed by atoms with E-state index in [0.29, 0.717) is 35.8 Å². The quantitative estimate of drug-likeness (QED) is 0.795. The lowest BCUT2D eigenvalue weighted by molar-refractivity contribution is -0.278. The predicted molar refractivity (Wildman–Crippen MR) is 103 cm³/mol. The molecule has 0 unspecified atom stereocenters. The first-order valence-electron chi connectivity index (χ1n) is 9.56. The summed E-state index contributed by atoms with van der Waals surface area (Å²) in [5.74, 6) is -0.480.